The first-order valence-electron chi connectivity index (χ1n) is 7.40. The summed E-state index contributed by atoms with van der Waals surface area (Å²) in [4.78, 5) is 14.0. The van der Waals surface area contributed by atoms with Crippen LogP contribution in [0.1, 0.15) is 37.2 Å². The number of rotatable bonds is 7. The molecule has 1 amide bonds. The fraction of sp³-hybridized carbons (Fsp3) is 0.562. The zero-order valence-corrected chi connectivity index (χ0v) is 12.1. The van der Waals surface area contributed by atoms with Gasteiger partial charge in [0, 0.05) is 44.8 Å². The summed E-state index contributed by atoms with van der Waals surface area (Å²) in [6.45, 7) is 1.87. The van der Waals surface area contributed by atoms with Crippen LogP contribution in [0.3, 0.4) is 0 Å². The lowest BCUT2D eigenvalue weighted by Crippen LogP contribution is -2.29. The molecule has 0 saturated heterocycles. The van der Waals surface area contributed by atoms with Crippen LogP contribution in [0.2, 0.25) is 0 Å². The first kappa shape index (κ1) is 14.9. The van der Waals surface area contributed by atoms with Crippen LogP contribution >= 0.6 is 0 Å². The Bertz CT molecular complexity index is 448. The molecule has 4 nitrogen and oxygen atoms in total. The van der Waals surface area contributed by atoms with E-state index >= 15 is 0 Å². The van der Waals surface area contributed by atoms with Crippen LogP contribution < -0.4 is 5.32 Å². The maximum absolute atomic E-state index is 12.2. The van der Waals surface area contributed by atoms with Crippen LogP contribution in [0, 0.1) is 0 Å². The highest BCUT2D eigenvalue weighted by molar-refractivity contribution is 5.78. The molecule has 2 N–H and O–H groups in total. The van der Waals surface area contributed by atoms with Gasteiger partial charge in [-0.1, -0.05) is 18.2 Å². The molecule has 0 fully saturated rings. The first-order valence-corrected chi connectivity index (χ1v) is 7.40. The van der Waals surface area contributed by atoms with Gasteiger partial charge in [-0.25, -0.2) is 0 Å². The molecule has 0 aliphatic carbocycles. The van der Waals surface area contributed by atoms with Crippen LogP contribution in [0.5, 0.6) is 0 Å². The van der Waals surface area contributed by atoms with Gasteiger partial charge in [-0.3, -0.25) is 4.79 Å². The molecule has 1 unspecified atom stereocenters. The van der Waals surface area contributed by atoms with Gasteiger partial charge in [0.1, 0.15) is 0 Å². The van der Waals surface area contributed by atoms with Gasteiger partial charge in [-0.05, 0) is 30.9 Å². The first-order chi connectivity index (χ1) is 9.72. The molecule has 4 heteroatoms. The Labute approximate surface area is 120 Å². The van der Waals surface area contributed by atoms with E-state index in [0.717, 1.165) is 38.0 Å². The molecule has 1 aromatic carbocycles. The van der Waals surface area contributed by atoms with E-state index in [1.807, 2.05) is 24.1 Å². The quantitative estimate of drug-likeness (QED) is 0.751. The second kappa shape index (κ2) is 7.29. The van der Waals surface area contributed by atoms with Gasteiger partial charge in [-0.15, -0.1) is 0 Å². The predicted molar refractivity (Wildman–Crippen MR) is 80.9 cm³/mol. The summed E-state index contributed by atoms with van der Waals surface area (Å²) in [5, 5.41) is 12.1. The number of anilines is 1. The van der Waals surface area contributed by atoms with Gasteiger partial charge in [-0.2, -0.15) is 0 Å². The van der Waals surface area contributed by atoms with E-state index in [-0.39, 0.29) is 12.5 Å². The molecule has 1 aliphatic heterocycles. The lowest BCUT2D eigenvalue weighted by molar-refractivity contribution is -0.130. The third kappa shape index (κ3) is 3.73. The Morgan fingerprint density at radius 1 is 1.35 bits per heavy atom. The lowest BCUT2D eigenvalue weighted by atomic mass is 9.97. The Hall–Kier alpha value is -1.55. The highest BCUT2D eigenvalue weighted by Gasteiger charge is 2.25. The van der Waals surface area contributed by atoms with Crippen LogP contribution in [0.25, 0.3) is 0 Å². The number of nitrogens with one attached hydrogen (secondary N) is 1. The number of carbonyl (C=O) groups is 1. The maximum Gasteiger partial charge on any atom is 0.222 e. The molecule has 0 aromatic heterocycles. The normalized spacial score (nSPS) is 16.6. The smallest absolute Gasteiger partial charge is 0.222 e. The summed E-state index contributed by atoms with van der Waals surface area (Å²) in [6, 6.07) is 8.22. The zero-order chi connectivity index (χ0) is 14.4. The standard InChI is InChI=1S/C16H24N2O2/c1-18(9-5-2-6-10-19)16(20)11-13-12-17-15-8-4-3-7-14(13)15/h3-4,7-8,13,17,19H,2,5-6,9-12H2,1H3. The van der Waals surface area contributed by atoms with Gasteiger partial charge < -0.3 is 15.3 Å². The fourth-order valence-corrected chi connectivity index (χ4v) is 2.67. The highest BCUT2D eigenvalue weighted by Crippen LogP contribution is 2.33. The predicted octanol–water partition coefficient (Wildman–Crippen LogP) is 2.21. The second-order valence-corrected chi connectivity index (χ2v) is 5.47. The number of amides is 1. The molecule has 20 heavy (non-hydrogen) atoms. The van der Waals surface area contributed by atoms with E-state index in [0.29, 0.717) is 12.3 Å². The second-order valence-electron chi connectivity index (χ2n) is 5.47. The van der Waals surface area contributed by atoms with E-state index in [2.05, 4.69) is 17.4 Å². The minimum Gasteiger partial charge on any atom is -0.396 e. The van der Waals surface area contributed by atoms with Gasteiger partial charge in [0.05, 0.1) is 0 Å². The molecule has 0 bridgehead atoms. The molecule has 0 radical (unpaired) electrons. The van der Waals surface area contributed by atoms with Gasteiger partial charge in [0.2, 0.25) is 5.91 Å². The van der Waals surface area contributed by atoms with Crippen LogP contribution in [-0.4, -0.2) is 42.7 Å². The highest BCUT2D eigenvalue weighted by atomic mass is 16.2. The minimum atomic E-state index is 0.206. The molecule has 1 aliphatic rings. The van der Waals surface area contributed by atoms with Crippen molar-refractivity contribution in [3.05, 3.63) is 29.8 Å². The number of hydrogen-bond acceptors (Lipinski definition) is 3. The summed E-state index contributed by atoms with van der Waals surface area (Å²) >= 11 is 0. The number of aliphatic hydroxyl groups is 1. The van der Waals surface area contributed by atoms with Crippen LogP contribution in [-0.2, 0) is 4.79 Å². The van der Waals surface area contributed by atoms with Crippen molar-refractivity contribution in [3.8, 4) is 0 Å². The Morgan fingerprint density at radius 2 is 2.15 bits per heavy atom. The molecule has 0 spiro atoms. The van der Waals surface area contributed by atoms with Crippen molar-refractivity contribution in [3.63, 3.8) is 0 Å². The number of para-hydroxylation sites is 1. The van der Waals surface area contributed by atoms with Crippen molar-refractivity contribution in [2.75, 3.05) is 32.1 Å². The number of aliphatic hydroxyl groups excluding tert-OH is 1. The van der Waals surface area contributed by atoms with Crippen molar-refractivity contribution in [2.45, 2.75) is 31.6 Å². The molecule has 0 saturated carbocycles. The molecular weight excluding hydrogens is 252 g/mol. The molecule has 1 aromatic rings. The monoisotopic (exact) mass is 276 g/mol. The van der Waals surface area contributed by atoms with E-state index in [9.17, 15) is 4.79 Å². The van der Waals surface area contributed by atoms with Crippen LogP contribution in [0.15, 0.2) is 24.3 Å². The van der Waals surface area contributed by atoms with E-state index < -0.39 is 0 Å². The van der Waals surface area contributed by atoms with Gasteiger partial charge >= 0.3 is 0 Å². The summed E-state index contributed by atoms with van der Waals surface area (Å²) in [5.41, 5.74) is 2.42. The SMILES string of the molecule is CN(CCCCCO)C(=O)CC1CNc2ccccc21. The summed E-state index contributed by atoms with van der Waals surface area (Å²) < 4.78 is 0. The maximum atomic E-state index is 12.2. The van der Waals surface area contributed by atoms with Crippen molar-refractivity contribution < 1.29 is 9.90 Å². The van der Waals surface area contributed by atoms with Gasteiger partial charge in [0.15, 0.2) is 0 Å². The number of nitrogens with zero attached hydrogens (tertiary/aromatic N) is 1. The third-order valence-corrected chi connectivity index (χ3v) is 3.94. The van der Waals surface area contributed by atoms with E-state index in [1.165, 1.54) is 5.56 Å². The molecule has 1 heterocycles. The number of fused-ring (bicyclic) bond motifs is 1. The van der Waals surface area contributed by atoms with Crippen LogP contribution in [0.4, 0.5) is 5.69 Å². The number of unbranched alkanes of at least 4 members (excludes halogenated alkanes) is 2. The minimum absolute atomic E-state index is 0.206. The lowest BCUT2D eigenvalue weighted by Gasteiger charge is -2.19. The average molecular weight is 276 g/mol. The number of benzene rings is 1. The van der Waals surface area contributed by atoms with Crippen molar-refractivity contribution in [1.29, 1.82) is 0 Å². The molecule has 110 valence electrons. The van der Waals surface area contributed by atoms with Crippen molar-refractivity contribution >= 4 is 11.6 Å². The topological polar surface area (TPSA) is 52.6 Å². The average Bonchev–Trinajstić information content (AvgIpc) is 2.87. The number of carbonyl (C=O) groups excluding carboxylic acids is 1. The zero-order valence-electron chi connectivity index (χ0n) is 12.1. The molecule has 2 rings (SSSR count). The Balaban J connectivity index is 1.80. The summed E-state index contributed by atoms with van der Waals surface area (Å²) in [7, 11) is 1.87. The van der Waals surface area contributed by atoms with Crippen molar-refractivity contribution in [1.82, 2.24) is 4.90 Å². The Kier molecular flexibility index (Phi) is 5.41. The fourth-order valence-electron chi connectivity index (χ4n) is 2.67. The van der Waals surface area contributed by atoms with E-state index in [1.54, 1.807) is 0 Å². The molecular formula is C16H24N2O2. The third-order valence-electron chi connectivity index (χ3n) is 3.94. The largest absolute Gasteiger partial charge is 0.396 e. The number of hydrogen-bond donors (Lipinski definition) is 2. The Morgan fingerprint density at radius 3 is 2.95 bits per heavy atom. The van der Waals surface area contributed by atoms with Crippen molar-refractivity contribution in [2.24, 2.45) is 0 Å². The summed E-state index contributed by atoms with van der Waals surface area (Å²) in [5.74, 6) is 0.496. The molecule has 1 atom stereocenters. The summed E-state index contributed by atoms with van der Waals surface area (Å²) in [6.07, 6.45) is 3.33. The van der Waals surface area contributed by atoms with Gasteiger partial charge in [0.25, 0.3) is 0 Å². The van der Waals surface area contributed by atoms with E-state index in [4.69, 9.17) is 5.11 Å².